The second-order valence-electron chi connectivity index (χ2n) is 9.99. The number of hydrogen-bond acceptors (Lipinski definition) is 4. The van der Waals surface area contributed by atoms with Gasteiger partial charge < -0.3 is 14.5 Å². The van der Waals surface area contributed by atoms with Gasteiger partial charge in [-0.25, -0.2) is 9.78 Å². The van der Waals surface area contributed by atoms with Crippen LogP contribution in [0.1, 0.15) is 64.0 Å². The van der Waals surface area contributed by atoms with E-state index in [1.807, 2.05) is 38.9 Å². The zero-order valence-corrected chi connectivity index (χ0v) is 22.0. The first kappa shape index (κ1) is 25.3. The third kappa shape index (κ3) is 5.91. The quantitative estimate of drug-likeness (QED) is 0.448. The summed E-state index contributed by atoms with van der Waals surface area (Å²) in [6.45, 7) is 9.23. The summed E-state index contributed by atoms with van der Waals surface area (Å²) in [5.74, 6) is 2.78. The van der Waals surface area contributed by atoms with Crippen LogP contribution in [0.2, 0.25) is 0 Å². The van der Waals surface area contributed by atoms with Gasteiger partial charge in [-0.15, -0.1) is 0 Å². The molecule has 1 aromatic carbocycles. The Balaban J connectivity index is 1.56. The summed E-state index contributed by atoms with van der Waals surface area (Å²) in [6.07, 6.45) is 10.5. The summed E-state index contributed by atoms with van der Waals surface area (Å²) in [5, 5.41) is 0. The van der Waals surface area contributed by atoms with Crippen molar-refractivity contribution < 1.29 is 9.53 Å². The molecule has 1 aliphatic carbocycles. The van der Waals surface area contributed by atoms with E-state index in [9.17, 15) is 4.79 Å². The van der Waals surface area contributed by atoms with E-state index in [-0.39, 0.29) is 6.03 Å². The van der Waals surface area contributed by atoms with Crippen LogP contribution in [0.3, 0.4) is 0 Å². The Morgan fingerprint density at radius 1 is 1.09 bits per heavy atom. The Kier molecular flexibility index (Phi) is 8.53. The van der Waals surface area contributed by atoms with E-state index >= 15 is 0 Å². The van der Waals surface area contributed by atoms with E-state index in [0.717, 1.165) is 42.6 Å². The van der Waals surface area contributed by atoms with Gasteiger partial charge in [-0.3, -0.25) is 4.90 Å². The fraction of sp³-hybridized carbons (Fsp3) is 0.586. The monoisotopic (exact) mass is 478 g/mol. The predicted molar refractivity (Wildman–Crippen MR) is 144 cm³/mol. The number of hydrogen-bond donors (Lipinski definition) is 0. The molecule has 2 amide bonds. The predicted octanol–water partition coefficient (Wildman–Crippen LogP) is 5.93. The molecule has 35 heavy (non-hydrogen) atoms. The van der Waals surface area contributed by atoms with Crippen LogP contribution in [0.5, 0.6) is 5.75 Å². The maximum Gasteiger partial charge on any atom is 0.324 e. The molecular formula is C29H42N4O2. The van der Waals surface area contributed by atoms with Crippen LogP contribution in [-0.4, -0.2) is 55.2 Å². The minimum absolute atomic E-state index is 0.0275. The Bertz CT molecular complexity index is 967. The van der Waals surface area contributed by atoms with Gasteiger partial charge in [-0.2, -0.15) is 0 Å². The van der Waals surface area contributed by atoms with Crippen molar-refractivity contribution in [2.75, 3.05) is 43.1 Å². The number of pyridine rings is 1. The summed E-state index contributed by atoms with van der Waals surface area (Å²) in [5.41, 5.74) is 3.46. The topological polar surface area (TPSA) is 48.9 Å². The fourth-order valence-corrected chi connectivity index (χ4v) is 5.66. The SMILES string of the molecule is CCOc1ccc(CC2Cc3cc(N(C)C(=O)N(CC)CC)cnc3N2CC2CCCCC2)cc1. The lowest BCUT2D eigenvalue weighted by molar-refractivity contribution is 0.211. The van der Waals surface area contributed by atoms with Crippen LogP contribution in [0.25, 0.3) is 0 Å². The molecule has 0 saturated heterocycles. The smallest absolute Gasteiger partial charge is 0.324 e. The van der Waals surface area contributed by atoms with Crippen LogP contribution >= 0.6 is 0 Å². The van der Waals surface area contributed by atoms with Crippen molar-refractivity contribution in [3.05, 3.63) is 47.7 Å². The second-order valence-corrected chi connectivity index (χ2v) is 9.99. The molecule has 0 spiro atoms. The maximum atomic E-state index is 12.9. The standard InChI is InChI=1S/C29H42N4O2/c1-5-32(6-2)29(34)31(4)26-19-24-18-25(17-22-13-15-27(16-14-22)35-7-3)33(28(24)30-20-26)21-23-11-9-8-10-12-23/h13-16,19-20,23,25H,5-12,17-18,21H2,1-4H3. The minimum atomic E-state index is 0.0275. The van der Waals surface area contributed by atoms with Crippen molar-refractivity contribution in [2.45, 2.75) is 71.8 Å². The Labute approximate surface area is 211 Å². The highest BCUT2D eigenvalue weighted by Gasteiger charge is 2.33. The molecule has 1 aromatic heterocycles. The van der Waals surface area contributed by atoms with E-state index in [2.05, 4.69) is 35.2 Å². The number of ether oxygens (including phenoxy) is 1. The van der Waals surface area contributed by atoms with Crippen LogP contribution in [0.15, 0.2) is 36.5 Å². The van der Waals surface area contributed by atoms with Crippen LogP contribution in [-0.2, 0) is 12.8 Å². The van der Waals surface area contributed by atoms with Crippen molar-refractivity contribution >= 4 is 17.5 Å². The Morgan fingerprint density at radius 3 is 2.46 bits per heavy atom. The molecule has 1 aliphatic heterocycles. The third-order valence-electron chi connectivity index (χ3n) is 7.69. The van der Waals surface area contributed by atoms with Crippen molar-refractivity contribution in [1.82, 2.24) is 9.88 Å². The summed E-state index contributed by atoms with van der Waals surface area (Å²) < 4.78 is 5.63. The van der Waals surface area contributed by atoms with E-state index in [0.29, 0.717) is 25.7 Å². The molecule has 1 atom stereocenters. The number of anilines is 2. The first-order valence-corrected chi connectivity index (χ1v) is 13.5. The van der Waals surface area contributed by atoms with E-state index in [4.69, 9.17) is 9.72 Å². The first-order chi connectivity index (χ1) is 17.0. The molecule has 2 aliphatic rings. The molecule has 1 unspecified atom stereocenters. The van der Waals surface area contributed by atoms with Gasteiger partial charge in [0.05, 0.1) is 18.5 Å². The largest absolute Gasteiger partial charge is 0.494 e. The molecule has 1 saturated carbocycles. The van der Waals surface area contributed by atoms with E-state index in [1.54, 1.807) is 4.90 Å². The highest BCUT2D eigenvalue weighted by Crippen LogP contribution is 2.37. The van der Waals surface area contributed by atoms with Crippen molar-refractivity contribution in [2.24, 2.45) is 5.92 Å². The lowest BCUT2D eigenvalue weighted by atomic mass is 9.88. The molecule has 6 nitrogen and oxygen atoms in total. The van der Waals surface area contributed by atoms with Gasteiger partial charge in [0.1, 0.15) is 11.6 Å². The Morgan fingerprint density at radius 2 is 1.80 bits per heavy atom. The normalized spacial score (nSPS) is 17.8. The van der Waals surface area contributed by atoms with Gasteiger partial charge in [-0.1, -0.05) is 31.4 Å². The fourth-order valence-electron chi connectivity index (χ4n) is 5.66. The minimum Gasteiger partial charge on any atom is -0.494 e. The number of fused-ring (bicyclic) bond motifs is 1. The average molecular weight is 479 g/mol. The molecular weight excluding hydrogens is 436 g/mol. The number of nitrogens with zero attached hydrogens (tertiary/aromatic N) is 4. The van der Waals surface area contributed by atoms with Crippen molar-refractivity contribution in [3.63, 3.8) is 0 Å². The summed E-state index contributed by atoms with van der Waals surface area (Å²) >= 11 is 0. The number of benzene rings is 1. The van der Waals surface area contributed by atoms with Crippen LogP contribution in [0.4, 0.5) is 16.3 Å². The number of carbonyl (C=O) groups excluding carboxylic acids is 1. The third-order valence-corrected chi connectivity index (χ3v) is 7.69. The highest BCUT2D eigenvalue weighted by molar-refractivity contribution is 5.91. The number of aromatic nitrogens is 1. The Hall–Kier alpha value is -2.76. The van der Waals surface area contributed by atoms with E-state index in [1.165, 1.54) is 43.2 Å². The van der Waals surface area contributed by atoms with Gasteiger partial charge >= 0.3 is 6.03 Å². The number of urea groups is 1. The molecule has 6 heteroatoms. The maximum absolute atomic E-state index is 12.9. The molecule has 1 fully saturated rings. The molecule has 190 valence electrons. The molecule has 4 rings (SSSR count). The zero-order valence-electron chi connectivity index (χ0n) is 22.0. The molecule has 0 N–H and O–H groups in total. The van der Waals surface area contributed by atoms with Crippen molar-refractivity contribution in [1.29, 1.82) is 0 Å². The van der Waals surface area contributed by atoms with Gasteiger partial charge in [0.25, 0.3) is 0 Å². The second kappa shape index (κ2) is 11.8. The highest BCUT2D eigenvalue weighted by atomic mass is 16.5. The number of amides is 2. The molecule has 0 radical (unpaired) electrons. The van der Waals surface area contributed by atoms with Gasteiger partial charge in [0.15, 0.2) is 0 Å². The zero-order chi connectivity index (χ0) is 24.8. The number of rotatable bonds is 9. The summed E-state index contributed by atoms with van der Waals surface area (Å²) in [4.78, 5) is 24.0. The summed E-state index contributed by atoms with van der Waals surface area (Å²) in [6, 6.07) is 11.2. The molecule has 0 bridgehead atoms. The van der Waals surface area contributed by atoms with E-state index < -0.39 is 0 Å². The lowest BCUT2D eigenvalue weighted by Crippen LogP contribution is -2.41. The van der Waals surface area contributed by atoms with Crippen molar-refractivity contribution in [3.8, 4) is 5.75 Å². The lowest BCUT2D eigenvalue weighted by Gasteiger charge is -2.32. The molecule has 2 aromatic rings. The summed E-state index contributed by atoms with van der Waals surface area (Å²) in [7, 11) is 1.86. The van der Waals surface area contributed by atoms with Crippen LogP contribution in [0, 0.1) is 5.92 Å². The van der Waals surface area contributed by atoms with Gasteiger partial charge in [0.2, 0.25) is 0 Å². The number of carbonyl (C=O) groups is 1. The average Bonchev–Trinajstić information content (AvgIpc) is 3.22. The van der Waals surface area contributed by atoms with Gasteiger partial charge in [-0.05, 0) is 81.7 Å². The van der Waals surface area contributed by atoms with Gasteiger partial charge in [0, 0.05) is 32.7 Å². The molecule has 2 heterocycles. The van der Waals surface area contributed by atoms with Crippen LogP contribution < -0.4 is 14.5 Å². The first-order valence-electron chi connectivity index (χ1n) is 13.5.